The lowest BCUT2D eigenvalue weighted by Crippen LogP contribution is -2.40. The molecule has 160 valence electrons. The maximum absolute atomic E-state index is 13.3. The first-order valence-corrected chi connectivity index (χ1v) is 11.0. The van der Waals surface area contributed by atoms with Gasteiger partial charge in [0, 0.05) is 31.7 Å². The number of carbonyl (C=O) groups is 2. The smallest absolute Gasteiger partial charge is 0.267 e. The number of hydrogen-bond donors (Lipinski definition) is 1. The van der Waals surface area contributed by atoms with Crippen LogP contribution >= 0.6 is 24.0 Å². The second-order valence-electron chi connectivity index (χ2n) is 7.33. The number of anilines is 1. The zero-order valence-electron chi connectivity index (χ0n) is 16.7. The minimum absolute atomic E-state index is 0.184. The van der Waals surface area contributed by atoms with Gasteiger partial charge in [-0.05, 0) is 31.1 Å². The first-order valence-electron chi connectivity index (χ1n) is 9.82. The molecule has 0 spiro atoms. The molecule has 10 heteroatoms. The van der Waals surface area contributed by atoms with E-state index in [0.29, 0.717) is 58.7 Å². The van der Waals surface area contributed by atoms with Crippen LogP contribution in [0, 0.1) is 5.92 Å². The molecule has 2 saturated heterocycles. The summed E-state index contributed by atoms with van der Waals surface area (Å²) >= 11 is 6.46. The normalized spacial score (nSPS) is 18.9. The molecule has 0 radical (unpaired) electrons. The fourth-order valence-electron chi connectivity index (χ4n) is 3.75. The fraction of sp³-hybridized carbons (Fsp3) is 0.286. The molecule has 31 heavy (non-hydrogen) atoms. The van der Waals surface area contributed by atoms with Crippen molar-refractivity contribution < 1.29 is 9.59 Å². The Balaban J connectivity index is 1.80. The molecule has 2 aromatic rings. The predicted molar refractivity (Wildman–Crippen MR) is 126 cm³/mol. The van der Waals surface area contributed by atoms with Crippen LogP contribution in [0.15, 0.2) is 46.8 Å². The monoisotopic (exact) mass is 455 g/mol. The molecule has 4 rings (SSSR count). The Labute approximate surface area is 188 Å². The Morgan fingerprint density at radius 1 is 1.32 bits per heavy atom. The van der Waals surface area contributed by atoms with E-state index in [1.54, 1.807) is 30.5 Å². The second-order valence-corrected chi connectivity index (χ2v) is 9.00. The van der Waals surface area contributed by atoms with E-state index >= 15 is 0 Å². The molecule has 0 unspecified atom stereocenters. The van der Waals surface area contributed by atoms with E-state index in [0.717, 1.165) is 11.8 Å². The molecule has 0 bridgehead atoms. The maximum atomic E-state index is 13.3. The maximum Gasteiger partial charge on any atom is 0.267 e. The van der Waals surface area contributed by atoms with Gasteiger partial charge in [-0.2, -0.15) is 0 Å². The minimum atomic E-state index is -0.308. The third kappa shape index (κ3) is 4.00. The molecule has 8 nitrogen and oxygen atoms in total. The van der Waals surface area contributed by atoms with Crippen LogP contribution in [0.1, 0.15) is 18.4 Å². The topological polar surface area (TPSA) is 101 Å². The molecule has 2 aliphatic heterocycles. The van der Waals surface area contributed by atoms with Crippen LogP contribution in [0.5, 0.6) is 0 Å². The van der Waals surface area contributed by atoms with Gasteiger partial charge in [0.1, 0.15) is 15.8 Å². The van der Waals surface area contributed by atoms with Gasteiger partial charge in [-0.3, -0.25) is 23.7 Å². The summed E-state index contributed by atoms with van der Waals surface area (Å²) in [6.45, 7) is 5.05. The van der Waals surface area contributed by atoms with Gasteiger partial charge >= 0.3 is 0 Å². The zero-order chi connectivity index (χ0) is 22.1. The van der Waals surface area contributed by atoms with Crippen LogP contribution in [0.2, 0.25) is 0 Å². The number of aromatic nitrogens is 2. The van der Waals surface area contributed by atoms with Crippen LogP contribution in [0.4, 0.5) is 5.82 Å². The van der Waals surface area contributed by atoms with E-state index in [-0.39, 0.29) is 23.3 Å². The van der Waals surface area contributed by atoms with Crippen LogP contribution in [0.25, 0.3) is 11.7 Å². The van der Waals surface area contributed by atoms with Crippen LogP contribution in [-0.4, -0.2) is 50.1 Å². The quantitative estimate of drug-likeness (QED) is 0.417. The molecule has 0 saturated carbocycles. The van der Waals surface area contributed by atoms with E-state index in [2.05, 4.69) is 6.58 Å². The molecule has 4 heterocycles. The van der Waals surface area contributed by atoms with Crippen molar-refractivity contribution in [2.24, 2.45) is 11.7 Å². The van der Waals surface area contributed by atoms with E-state index in [9.17, 15) is 14.4 Å². The summed E-state index contributed by atoms with van der Waals surface area (Å²) in [5.74, 6) is -0.257. The van der Waals surface area contributed by atoms with Gasteiger partial charge in [-0.1, -0.05) is 36.1 Å². The average Bonchev–Trinajstić information content (AvgIpc) is 3.03. The number of piperidine rings is 1. The highest BCUT2D eigenvalue weighted by atomic mass is 32.2. The van der Waals surface area contributed by atoms with Gasteiger partial charge in [-0.15, -0.1) is 6.58 Å². The van der Waals surface area contributed by atoms with Crippen molar-refractivity contribution in [3.05, 3.63) is 57.9 Å². The number of pyridine rings is 1. The van der Waals surface area contributed by atoms with Crippen molar-refractivity contribution in [2.75, 3.05) is 24.5 Å². The van der Waals surface area contributed by atoms with E-state index < -0.39 is 0 Å². The molecule has 2 aliphatic rings. The van der Waals surface area contributed by atoms with E-state index in [1.165, 1.54) is 9.30 Å². The molecular formula is C21H21N5O3S2. The van der Waals surface area contributed by atoms with Gasteiger partial charge in [0.2, 0.25) is 5.91 Å². The number of hydrogen-bond acceptors (Lipinski definition) is 7. The number of carbonyl (C=O) groups excluding carboxylic acids is 2. The first kappa shape index (κ1) is 21.3. The fourth-order valence-corrected chi connectivity index (χ4v) is 5.01. The van der Waals surface area contributed by atoms with Crippen molar-refractivity contribution in [3.63, 3.8) is 0 Å². The number of fused-ring (bicyclic) bond motifs is 1. The summed E-state index contributed by atoms with van der Waals surface area (Å²) in [5.41, 5.74) is 6.01. The van der Waals surface area contributed by atoms with Gasteiger partial charge in [0.25, 0.3) is 11.5 Å². The van der Waals surface area contributed by atoms with Crippen LogP contribution in [-0.2, 0) is 9.59 Å². The molecule has 2 fully saturated rings. The Bertz CT molecular complexity index is 1180. The lowest BCUT2D eigenvalue weighted by molar-refractivity contribution is -0.122. The molecule has 2 amide bonds. The third-order valence-electron chi connectivity index (χ3n) is 5.41. The number of rotatable bonds is 5. The molecule has 2 aromatic heterocycles. The minimum Gasteiger partial charge on any atom is -0.369 e. The van der Waals surface area contributed by atoms with Crippen LogP contribution in [0.3, 0.4) is 0 Å². The van der Waals surface area contributed by atoms with Crippen LogP contribution < -0.4 is 16.2 Å². The first-order chi connectivity index (χ1) is 14.9. The lowest BCUT2D eigenvalue weighted by atomic mass is 9.96. The summed E-state index contributed by atoms with van der Waals surface area (Å²) in [4.78, 5) is 46.2. The summed E-state index contributed by atoms with van der Waals surface area (Å²) in [7, 11) is 0. The SMILES string of the molecule is C=CCN1C(=O)C(=Cc2c(N3CCC(C(N)=O)CC3)nc3ccccn3c2=O)SC1=S. The number of nitrogens with two attached hydrogens (primary N) is 1. The van der Waals surface area contributed by atoms with Gasteiger partial charge in [0.05, 0.1) is 10.5 Å². The second kappa shape index (κ2) is 8.64. The standard InChI is InChI=1S/C21H21N5O3S2/c1-2-8-26-20(29)15(31-21(26)30)12-14-18(24-10-6-13(7-11-24)17(22)27)23-16-5-3-4-9-25(16)19(14)28/h2-5,9,12-13H,1,6-8,10-11H2,(H2,22,27). The summed E-state index contributed by atoms with van der Waals surface area (Å²) in [6, 6.07) is 5.32. The van der Waals surface area contributed by atoms with Crippen molar-refractivity contribution in [1.82, 2.24) is 14.3 Å². The molecule has 2 N–H and O–H groups in total. The Kier molecular flexibility index (Phi) is 5.92. The van der Waals surface area contributed by atoms with Gasteiger partial charge < -0.3 is 10.6 Å². The lowest BCUT2D eigenvalue weighted by Gasteiger charge is -2.32. The molecule has 0 aliphatic carbocycles. The summed E-state index contributed by atoms with van der Waals surface area (Å²) in [5, 5.41) is 0. The third-order valence-corrected chi connectivity index (χ3v) is 6.78. The number of amides is 2. The van der Waals surface area contributed by atoms with E-state index in [1.807, 2.05) is 11.0 Å². The van der Waals surface area contributed by atoms with Crippen molar-refractivity contribution in [1.29, 1.82) is 0 Å². The van der Waals surface area contributed by atoms with Crippen molar-refractivity contribution in [2.45, 2.75) is 12.8 Å². The molecule has 0 aromatic carbocycles. The predicted octanol–water partition coefficient (Wildman–Crippen LogP) is 1.78. The van der Waals surface area contributed by atoms with Gasteiger partial charge in [-0.25, -0.2) is 4.98 Å². The largest absolute Gasteiger partial charge is 0.369 e. The summed E-state index contributed by atoms with van der Waals surface area (Å²) < 4.78 is 1.88. The summed E-state index contributed by atoms with van der Waals surface area (Å²) in [6.07, 6.45) is 6.01. The highest BCUT2D eigenvalue weighted by Crippen LogP contribution is 2.34. The Morgan fingerprint density at radius 2 is 2.06 bits per heavy atom. The van der Waals surface area contributed by atoms with E-state index in [4.69, 9.17) is 22.9 Å². The molecular weight excluding hydrogens is 434 g/mol. The van der Waals surface area contributed by atoms with Gasteiger partial charge in [0.15, 0.2) is 0 Å². The number of thiocarbonyl (C=S) groups is 1. The highest BCUT2D eigenvalue weighted by molar-refractivity contribution is 8.26. The Hall–Kier alpha value is -2.98. The highest BCUT2D eigenvalue weighted by Gasteiger charge is 2.32. The zero-order valence-corrected chi connectivity index (χ0v) is 18.3. The average molecular weight is 456 g/mol. The molecule has 0 atom stereocenters. The van der Waals surface area contributed by atoms with Crippen molar-refractivity contribution in [3.8, 4) is 0 Å². The Morgan fingerprint density at radius 3 is 2.74 bits per heavy atom. The number of thioether (sulfide) groups is 1. The van der Waals surface area contributed by atoms with Crippen molar-refractivity contribution >= 4 is 57.7 Å². The number of primary amides is 1. The number of nitrogens with zero attached hydrogens (tertiary/aromatic N) is 4.